The molecule has 0 amide bonds. The lowest BCUT2D eigenvalue weighted by atomic mass is 9.45. The third-order valence-corrected chi connectivity index (χ3v) is 6.83. The third-order valence-electron chi connectivity index (χ3n) is 6.83. The number of fused-ring (bicyclic) bond motifs is 2. The van der Waals surface area contributed by atoms with E-state index < -0.39 is 0 Å². The first-order chi connectivity index (χ1) is 11.5. The van der Waals surface area contributed by atoms with Crippen molar-refractivity contribution in [3.8, 4) is 5.75 Å². The molecule has 3 nitrogen and oxygen atoms in total. The van der Waals surface area contributed by atoms with Gasteiger partial charge in [-0.3, -0.25) is 0 Å². The van der Waals surface area contributed by atoms with Gasteiger partial charge in [0.1, 0.15) is 5.75 Å². The second-order valence-electron chi connectivity index (χ2n) is 8.33. The van der Waals surface area contributed by atoms with Crippen molar-refractivity contribution < 1.29 is 4.74 Å². The van der Waals surface area contributed by atoms with E-state index >= 15 is 0 Å². The van der Waals surface area contributed by atoms with Gasteiger partial charge in [-0.25, -0.2) is 0 Å². The van der Waals surface area contributed by atoms with Crippen LogP contribution in [0, 0.1) is 23.2 Å². The molecule has 0 aliphatic heterocycles. The minimum Gasteiger partial charge on any atom is -0.496 e. The highest BCUT2D eigenvalue weighted by atomic mass is 16.5. The Labute approximate surface area is 147 Å². The van der Waals surface area contributed by atoms with Gasteiger partial charge in [0.25, 0.3) is 0 Å². The van der Waals surface area contributed by atoms with Crippen LogP contribution in [-0.4, -0.2) is 32.8 Å². The molecule has 0 heterocycles. The van der Waals surface area contributed by atoms with Crippen LogP contribution in [0.2, 0.25) is 0 Å². The van der Waals surface area contributed by atoms with E-state index in [1.807, 2.05) is 12.1 Å². The molecule has 0 aromatic heterocycles. The summed E-state index contributed by atoms with van der Waals surface area (Å²) in [6.45, 7) is 10.5. The third kappa shape index (κ3) is 3.48. The predicted molar refractivity (Wildman–Crippen MR) is 101 cm³/mol. The maximum Gasteiger partial charge on any atom is 0.122 e. The molecular weight excluding hydrogens is 296 g/mol. The fraction of sp³-hybridized carbons (Fsp3) is 0.714. The standard InChI is InChI=1S/C21H34N2O/c1-15-18-13-17(21(18,2)3)14-19(15)23-12-11-22-10-9-16-7-5-6-8-20(16)24-4/h5-8,15,17-19,22-23H,9-14H2,1-4H3/t15-,17?,18-,19-/m1/s1. The average molecular weight is 331 g/mol. The highest BCUT2D eigenvalue weighted by Gasteiger charge is 2.55. The summed E-state index contributed by atoms with van der Waals surface area (Å²) in [5.41, 5.74) is 1.87. The van der Waals surface area contributed by atoms with Crippen LogP contribution in [-0.2, 0) is 6.42 Å². The zero-order valence-corrected chi connectivity index (χ0v) is 15.8. The maximum atomic E-state index is 5.41. The van der Waals surface area contributed by atoms with Crippen LogP contribution in [0.3, 0.4) is 0 Å². The molecule has 24 heavy (non-hydrogen) atoms. The first-order valence-electron chi connectivity index (χ1n) is 9.60. The van der Waals surface area contributed by atoms with Gasteiger partial charge in [-0.05, 0) is 60.6 Å². The molecule has 0 radical (unpaired) electrons. The molecule has 0 saturated heterocycles. The maximum absolute atomic E-state index is 5.41. The Kier molecular flexibility index (Phi) is 5.51. The van der Waals surface area contributed by atoms with Crippen LogP contribution in [0.25, 0.3) is 0 Å². The van der Waals surface area contributed by atoms with E-state index in [0.717, 1.165) is 55.6 Å². The summed E-state index contributed by atoms with van der Waals surface area (Å²) in [5, 5.41) is 7.36. The van der Waals surface area contributed by atoms with E-state index in [4.69, 9.17) is 4.74 Å². The van der Waals surface area contributed by atoms with Crippen LogP contribution >= 0.6 is 0 Å². The molecule has 3 aliphatic rings. The van der Waals surface area contributed by atoms with E-state index in [2.05, 4.69) is 43.5 Å². The number of hydrogen-bond acceptors (Lipinski definition) is 3. The minimum absolute atomic E-state index is 0.588. The highest BCUT2D eigenvalue weighted by molar-refractivity contribution is 5.33. The first kappa shape index (κ1) is 17.8. The zero-order chi connectivity index (χ0) is 17.2. The van der Waals surface area contributed by atoms with Gasteiger partial charge in [-0.15, -0.1) is 0 Å². The summed E-state index contributed by atoms with van der Waals surface area (Å²) in [5.74, 6) is 3.68. The summed E-state index contributed by atoms with van der Waals surface area (Å²) in [4.78, 5) is 0. The van der Waals surface area contributed by atoms with Crippen LogP contribution in [0.15, 0.2) is 24.3 Å². The molecule has 3 saturated carbocycles. The summed E-state index contributed by atoms with van der Waals surface area (Å²) in [6.07, 6.45) is 3.84. The Bertz CT molecular complexity index is 542. The van der Waals surface area contributed by atoms with Gasteiger partial charge < -0.3 is 15.4 Å². The molecule has 1 unspecified atom stereocenters. The fourth-order valence-electron chi connectivity index (χ4n) is 5.02. The van der Waals surface area contributed by atoms with Crippen molar-refractivity contribution in [2.24, 2.45) is 23.2 Å². The fourth-order valence-corrected chi connectivity index (χ4v) is 5.02. The van der Waals surface area contributed by atoms with Gasteiger partial charge in [0.2, 0.25) is 0 Å². The normalized spacial score (nSPS) is 30.7. The van der Waals surface area contributed by atoms with Crippen molar-refractivity contribution in [3.63, 3.8) is 0 Å². The Morgan fingerprint density at radius 1 is 1.12 bits per heavy atom. The monoisotopic (exact) mass is 330 g/mol. The molecule has 1 aromatic carbocycles. The second-order valence-corrected chi connectivity index (χ2v) is 8.33. The number of rotatable bonds is 8. The Morgan fingerprint density at radius 2 is 1.92 bits per heavy atom. The quantitative estimate of drug-likeness (QED) is 0.716. The molecule has 1 aromatic rings. The second kappa shape index (κ2) is 7.45. The lowest BCUT2D eigenvalue weighted by Gasteiger charge is -2.62. The topological polar surface area (TPSA) is 33.3 Å². The van der Waals surface area contributed by atoms with Crippen molar-refractivity contribution in [2.45, 2.75) is 46.1 Å². The zero-order valence-electron chi connectivity index (χ0n) is 15.8. The molecular formula is C21H34N2O. The van der Waals surface area contributed by atoms with E-state index in [0.29, 0.717) is 5.41 Å². The SMILES string of the molecule is COc1ccccc1CCNCCN[C@@H]1CC2C[C@H]([C@H]1C)C2(C)C. The number of para-hydroxylation sites is 1. The Morgan fingerprint density at radius 3 is 2.62 bits per heavy atom. The van der Waals surface area contributed by atoms with Gasteiger partial charge in [0, 0.05) is 19.1 Å². The predicted octanol–water partition coefficient (Wildman–Crippen LogP) is 3.49. The number of ether oxygens (including phenoxy) is 1. The van der Waals surface area contributed by atoms with E-state index in [9.17, 15) is 0 Å². The lowest BCUT2D eigenvalue weighted by Crippen LogP contribution is -2.60. The highest BCUT2D eigenvalue weighted by Crippen LogP contribution is 2.61. The molecule has 134 valence electrons. The largest absolute Gasteiger partial charge is 0.496 e. The molecule has 0 spiro atoms. The van der Waals surface area contributed by atoms with Crippen LogP contribution < -0.4 is 15.4 Å². The van der Waals surface area contributed by atoms with Crippen molar-refractivity contribution in [1.29, 1.82) is 0 Å². The molecule has 3 heteroatoms. The van der Waals surface area contributed by atoms with Crippen LogP contribution in [0.4, 0.5) is 0 Å². The smallest absolute Gasteiger partial charge is 0.122 e. The summed E-state index contributed by atoms with van der Waals surface area (Å²) in [6, 6.07) is 9.01. The number of hydrogen-bond donors (Lipinski definition) is 2. The number of methoxy groups -OCH3 is 1. The summed E-state index contributed by atoms with van der Waals surface area (Å²) in [7, 11) is 1.74. The molecule has 4 rings (SSSR count). The van der Waals surface area contributed by atoms with Gasteiger partial charge >= 0.3 is 0 Å². The van der Waals surface area contributed by atoms with Gasteiger partial charge in [0.15, 0.2) is 0 Å². The van der Waals surface area contributed by atoms with Gasteiger partial charge in [-0.2, -0.15) is 0 Å². The molecule has 2 N–H and O–H groups in total. The van der Waals surface area contributed by atoms with E-state index in [1.165, 1.54) is 18.4 Å². The lowest BCUT2D eigenvalue weighted by molar-refractivity contribution is -0.114. The average Bonchev–Trinajstić information content (AvgIpc) is 2.58. The minimum atomic E-state index is 0.588. The molecule has 2 bridgehead atoms. The van der Waals surface area contributed by atoms with Crippen molar-refractivity contribution in [2.75, 3.05) is 26.7 Å². The van der Waals surface area contributed by atoms with E-state index in [-0.39, 0.29) is 0 Å². The Hall–Kier alpha value is -1.06. The number of nitrogens with one attached hydrogen (secondary N) is 2. The summed E-state index contributed by atoms with van der Waals surface area (Å²) >= 11 is 0. The molecule has 4 atom stereocenters. The van der Waals surface area contributed by atoms with Crippen LogP contribution in [0.5, 0.6) is 5.75 Å². The van der Waals surface area contributed by atoms with Gasteiger partial charge in [-0.1, -0.05) is 39.0 Å². The van der Waals surface area contributed by atoms with Crippen LogP contribution in [0.1, 0.15) is 39.2 Å². The van der Waals surface area contributed by atoms with Gasteiger partial charge in [0.05, 0.1) is 7.11 Å². The Balaban J connectivity index is 1.32. The van der Waals surface area contributed by atoms with Crippen molar-refractivity contribution in [3.05, 3.63) is 29.8 Å². The van der Waals surface area contributed by atoms with E-state index in [1.54, 1.807) is 7.11 Å². The number of benzene rings is 1. The first-order valence-corrected chi connectivity index (χ1v) is 9.60. The summed E-state index contributed by atoms with van der Waals surface area (Å²) < 4.78 is 5.41. The molecule has 3 fully saturated rings. The molecule has 3 aliphatic carbocycles. The van der Waals surface area contributed by atoms with Crippen molar-refractivity contribution >= 4 is 0 Å². The van der Waals surface area contributed by atoms with Crippen molar-refractivity contribution in [1.82, 2.24) is 10.6 Å².